The summed E-state index contributed by atoms with van der Waals surface area (Å²) in [6.07, 6.45) is 2.42. The van der Waals surface area contributed by atoms with Gasteiger partial charge in [0, 0.05) is 18.2 Å². The fourth-order valence-corrected chi connectivity index (χ4v) is 1.41. The number of unbranched alkanes of at least 4 members (excludes halogenated alkanes) is 1. The first-order valence-corrected chi connectivity index (χ1v) is 5.71. The normalized spacial score (nSPS) is 9.14. The van der Waals surface area contributed by atoms with Gasteiger partial charge < -0.3 is 4.74 Å². The van der Waals surface area contributed by atoms with Crippen molar-refractivity contribution < 1.29 is 4.74 Å². The number of methoxy groups -OCH3 is 1. The highest BCUT2D eigenvalue weighted by Crippen LogP contribution is 2.09. The van der Waals surface area contributed by atoms with Gasteiger partial charge in [0.05, 0.1) is 0 Å². The van der Waals surface area contributed by atoms with Gasteiger partial charge >= 0.3 is 0 Å². The number of hydrogen-bond acceptors (Lipinski definition) is 1. The minimum Gasteiger partial charge on any atom is -0.385 e. The molecule has 0 aliphatic heterocycles. The van der Waals surface area contributed by atoms with Gasteiger partial charge in [-0.3, -0.25) is 0 Å². The maximum atomic E-state index is 4.78. The maximum Gasteiger partial charge on any atom is 0.0462 e. The van der Waals surface area contributed by atoms with Gasteiger partial charge in [-0.15, -0.1) is 0 Å². The lowest BCUT2D eigenvalue weighted by Gasteiger charge is -1.89. The molecule has 14 heavy (non-hydrogen) atoms. The Bertz CT molecular complexity index is 214. The zero-order valence-electron chi connectivity index (χ0n) is 9.22. The summed E-state index contributed by atoms with van der Waals surface area (Å²) < 4.78 is 5.93. The minimum atomic E-state index is 0.913. The summed E-state index contributed by atoms with van der Waals surface area (Å²) in [5, 5.41) is 0. The van der Waals surface area contributed by atoms with E-state index in [0.717, 1.165) is 11.1 Å². The van der Waals surface area contributed by atoms with E-state index in [0.29, 0.717) is 0 Å². The second kappa shape index (κ2) is 9.22. The van der Waals surface area contributed by atoms with Gasteiger partial charge in [0.15, 0.2) is 0 Å². The molecule has 0 radical (unpaired) electrons. The lowest BCUT2D eigenvalue weighted by atomic mass is 10.2. The van der Waals surface area contributed by atoms with E-state index in [-0.39, 0.29) is 0 Å². The van der Waals surface area contributed by atoms with E-state index in [2.05, 4.69) is 41.9 Å². The van der Waals surface area contributed by atoms with Gasteiger partial charge in [-0.05, 0) is 25.5 Å². The second-order valence-electron chi connectivity index (χ2n) is 3.15. The molecule has 0 amide bonds. The van der Waals surface area contributed by atoms with Crippen LogP contribution in [0.2, 0.25) is 0 Å². The van der Waals surface area contributed by atoms with Crippen LogP contribution < -0.4 is 0 Å². The Morgan fingerprint density at radius 2 is 2.07 bits per heavy atom. The molecular weight excluding hydrogens is 240 g/mol. The number of halogens is 1. The Hall–Kier alpha value is -0.340. The lowest BCUT2D eigenvalue weighted by molar-refractivity contribution is 0.194. The molecule has 1 nitrogen and oxygen atoms in total. The molecule has 0 unspecified atom stereocenters. The van der Waals surface area contributed by atoms with Crippen molar-refractivity contribution in [1.82, 2.24) is 0 Å². The predicted octanol–water partition coefficient (Wildman–Crippen LogP) is 4.19. The summed E-state index contributed by atoms with van der Waals surface area (Å²) in [4.78, 5) is 0. The van der Waals surface area contributed by atoms with Crippen molar-refractivity contribution in [3.63, 3.8) is 0 Å². The first kappa shape index (κ1) is 13.7. The van der Waals surface area contributed by atoms with Crippen molar-refractivity contribution in [3.05, 3.63) is 34.3 Å². The van der Waals surface area contributed by atoms with Crippen molar-refractivity contribution in [2.75, 3.05) is 13.7 Å². The monoisotopic (exact) mass is 258 g/mol. The Morgan fingerprint density at radius 3 is 2.36 bits per heavy atom. The average molecular weight is 259 g/mol. The van der Waals surface area contributed by atoms with E-state index >= 15 is 0 Å². The number of hydrogen-bond donors (Lipinski definition) is 0. The fourth-order valence-electron chi connectivity index (χ4n) is 0.894. The van der Waals surface area contributed by atoms with Crippen molar-refractivity contribution in [3.8, 4) is 0 Å². The Labute approximate surface area is 95.6 Å². The van der Waals surface area contributed by atoms with Gasteiger partial charge in [-0.25, -0.2) is 0 Å². The molecule has 0 spiro atoms. The number of ether oxygens (including phenoxy) is 1. The van der Waals surface area contributed by atoms with Gasteiger partial charge in [0.2, 0.25) is 0 Å². The number of aryl methyl sites for hydroxylation is 1. The molecule has 0 N–H and O–H groups in total. The smallest absolute Gasteiger partial charge is 0.0462 e. The third kappa shape index (κ3) is 8.27. The number of rotatable bonds is 3. The first-order valence-electron chi connectivity index (χ1n) is 4.91. The molecule has 0 heterocycles. The molecule has 0 aliphatic carbocycles. The molecule has 0 aliphatic rings. The van der Waals surface area contributed by atoms with E-state index in [9.17, 15) is 0 Å². The van der Waals surface area contributed by atoms with Crippen LogP contribution >= 0.6 is 15.9 Å². The van der Waals surface area contributed by atoms with Crippen molar-refractivity contribution in [2.24, 2.45) is 0 Å². The predicted molar refractivity (Wildman–Crippen MR) is 65.7 cm³/mol. The molecule has 0 aromatic heterocycles. The van der Waals surface area contributed by atoms with Crippen LogP contribution in [-0.4, -0.2) is 13.7 Å². The molecule has 0 saturated carbocycles. The van der Waals surface area contributed by atoms with Crippen LogP contribution in [-0.2, 0) is 4.74 Å². The summed E-state index contributed by atoms with van der Waals surface area (Å²) >= 11 is 3.36. The van der Waals surface area contributed by atoms with Crippen LogP contribution in [0.15, 0.2) is 28.7 Å². The van der Waals surface area contributed by atoms with Crippen LogP contribution in [0.1, 0.15) is 25.3 Å². The van der Waals surface area contributed by atoms with E-state index in [1.54, 1.807) is 7.11 Å². The Balaban J connectivity index is 0.000000255. The largest absolute Gasteiger partial charge is 0.385 e. The van der Waals surface area contributed by atoms with E-state index in [1.165, 1.54) is 18.4 Å². The third-order valence-electron chi connectivity index (χ3n) is 1.68. The SMILES string of the molecule is CCCCOC.Cc1cccc(Br)c1. The Morgan fingerprint density at radius 1 is 1.36 bits per heavy atom. The highest BCUT2D eigenvalue weighted by Gasteiger charge is 1.82. The maximum absolute atomic E-state index is 4.78. The summed E-state index contributed by atoms with van der Waals surface area (Å²) in [6, 6.07) is 8.21. The number of benzene rings is 1. The molecule has 0 saturated heterocycles. The summed E-state index contributed by atoms with van der Waals surface area (Å²) in [7, 11) is 1.73. The highest BCUT2D eigenvalue weighted by atomic mass is 79.9. The topological polar surface area (TPSA) is 9.23 Å². The summed E-state index contributed by atoms with van der Waals surface area (Å²) in [6.45, 7) is 5.14. The standard InChI is InChI=1S/C7H7Br.C5H12O/c1-6-3-2-4-7(8)5-6;1-3-4-5-6-2/h2-5H,1H3;3-5H2,1-2H3. The van der Waals surface area contributed by atoms with Crippen LogP contribution in [0.3, 0.4) is 0 Å². The van der Waals surface area contributed by atoms with Crippen LogP contribution in [0.25, 0.3) is 0 Å². The van der Waals surface area contributed by atoms with Gasteiger partial charge in [0.25, 0.3) is 0 Å². The van der Waals surface area contributed by atoms with Gasteiger partial charge in [0.1, 0.15) is 0 Å². The quantitative estimate of drug-likeness (QED) is 0.739. The minimum absolute atomic E-state index is 0.913. The van der Waals surface area contributed by atoms with E-state index < -0.39 is 0 Å². The van der Waals surface area contributed by atoms with Crippen molar-refractivity contribution >= 4 is 15.9 Å². The van der Waals surface area contributed by atoms with Gasteiger partial charge in [-0.2, -0.15) is 0 Å². The highest BCUT2D eigenvalue weighted by molar-refractivity contribution is 9.10. The molecular formula is C12H19BrO. The molecule has 0 atom stereocenters. The molecule has 0 bridgehead atoms. The molecule has 1 rings (SSSR count). The van der Waals surface area contributed by atoms with Crippen LogP contribution in [0, 0.1) is 6.92 Å². The molecule has 1 aromatic carbocycles. The fraction of sp³-hybridized carbons (Fsp3) is 0.500. The molecule has 80 valence electrons. The summed E-state index contributed by atoms with van der Waals surface area (Å²) in [5.41, 5.74) is 1.29. The summed E-state index contributed by atoms with van der Waals surface area (Å²) in [5.74, 6) is 0. The van der Waals surface area contributed by atoms with Gasteiger partial charge in [-0.1, -0.05) is 47.0 Å². The van der Waals surface area contributed by atoms with Crippen molar-refractivity contribution in [2.45, 2.75) is 26.7 Å². The third-order valence-corrected chi connectivity index (χ3v) is 2.18. The molecule has 2 heteroatoms. The van der Waals surface area contributed by atoms with E-state index in [1.807, 2.05) is 12.1 Å². The zero-order valence-corrected chi connectivity index (χ0v) is 10.8. The molecule has 0 fully saturated rings. The average Bonchev–Trinajstić information content (AvgIpc) is 2.15. The molecule has 1 aromatic rings. The second-order valence-corrected chi connectivity index (χ2v) is 4.06. The zero-order chi connectivity index (χ0) is 10.8. The lowest BCUT2D eigenvalue weighted by Crippen LogP contribution is -1.84. The van der Waals surface area contributed by atoms with Crippen molar-refractivity contribution in [1.29, 1.82) is 0 Å². The first-order chi connectivity index (χ1) is 6.70. The Kier molecular flexibility index (Phi) is 9.00. The van der Waals surface area contributed by atoms with Crippen LogP contribution in [0.4, 0.5) is 0 Å². The van der Waals surface area contributed by atoms with Crippen LogP contribution in [0.5, 0.6) is 0 Å². The van der Waals surface area contributed by atoms with E-state index in [4.69, 9.17) is 4.74 Å².